The van der Waals surface area contributed by atoms with Gasteiger partial charge in [0.05, 0.1) is 4.92 Å². The number of ether oxygens (including phenoxy) is 1. The van der Waals surface area contributed by atoms with Gasteiger partial charge in [-0.05, 0) is 50.1 Å². The molecule has 0 unspecified atom stereocenters. The van der Waals surface area contributed by atoms with Crippen LogP contribution in [0.1, 0.15) is 19.8 Å². The maximum absolute atomic E-state index is 11.9. The van der Waals surface area contributed by atoms with E-state index in [1.807, 2.05) is 6.08 Å². The van der Waals surface area contributed by atoms with E-state index < -0.39 is 11.0 Å². The number of allylic oxidation sites excluding steroid dienone is 4. The van der Waals surface area contributed by atoms with Gasteiger partial charge >= 0.3 is 6.09 Å². The lowest BCUT2D eigenvalue weighted by Gasteiger charge is -2.18. The maximum Gasteiger partial charge on any atom is 0.416 e. The number of hydrogen-bond acceptors (Lipinski definition) is 5. The maximum atomic E-state index is 11.9. The van der Waals surface area contributed by atoms with Crippen molar-refractivity contribution < 1.29 is 14.5 Å². The summed E-state index contributed by atoms with van der Waals surface area (Å²) >= 11 is 0. The molecule has 25 heavy (non-hydrogen) atoms. The minimum Gasteiger partial charge on any atom is -0.410 e. The molecule has 1 aromatic carbocycles. The van der Waals surface area contributed by atoms with Crippen molar-refractivity contribution in [1.29, 1.82) is 0 Å². The Hall–Kier alpha value is -3.09. The fourth-order valence-corrected chi connectivity index (χ4v) is 2.46. The first kappa shape index (κ1) is 18.3. The van der Waals surface area contributed by atoms with E-state index in [-0.39, 0.29) is 11.4 Å². The highest BCUT2D eigenvalue weighted by Gasteiger charge is 2.12. The minimum absolute atomic E-state index is 0.0622. The van der Waals surface area contributed by atoms with Crippen molar-refractivity contribution in [2.24, 2.45) is 0 Å². The van der Waals surface area contributed by atoms with Gasteiger partial charge in [-0.3, -0.25) is 15.4 Å². The molecule has 1 aliphatic heterocycles. The molecular weight excluding hydrogens is 322 g/mol. The molecule has 132 valence electrons. The fraction of sp³-hybridized carbons (Fsp3) is 0.278. The third-order valence-electron chi connectivity index (χ3n) is 3.74. The normalized spacial score (nSPS) is 15.0. The highest BCUT2D eigenvalue weighted by atomic mass is 16.6. The van der Waals surface area contributed by atoms with E-state index in [1.54, 1.807) is 19.1 Å². The van der Waals surface area contributed by atoms with Crippen LogP contribution in [0.15, 0.2) is 60.5 Å². The molecule has 7 heteroatoms. The van der Waals surface area contributed by atoms with Gasteiger partial charge < -0.3 is 9.64 Å². The van der Waals surface area contributed by atoms with Crippen LogP contribution >= 0.6 is 0 Å². The van der Waals surface area contributed by atoms with Gasteiger partial charge in [0.1, 0.15) is 5.75 Å². The van der Waals surface area contributed by atoms with E-state index in [4.69, 9.17) is 4.74 Å². The second kappa shape index (κ2) is 8.68. The van der Waals surface area contributed by atoms with E-state index in [1.165, 1.54) is 37.1 Å². The fourth-order valence-electron chi connectivity index (χ4n) is 2.46. The molecule has 0 spiro atoms. The summed E-state index contributed by atoms with van der Waals surface area (Å²) in [5, 5.41) is 13.2. The Balaban J connectivity index is 1.92. The molecule has 1 heterocycles. The van der Waals surface area contributed by atoms with Crippen LogP contribution in [-0.2, 0) is 0 Å². The molecule has 0 aromatic heterocycles. The van der Waals surface area contributed by atoms with Crippen LogP contribution in [0.3, 0.4) is 0 Å². The van der Waals surface area contributed by atoms with E-state index in [0.717, 1.165) is 18.8 Å². The number of nitro benzene ring substituents is 1. The average molecular weight is 343 g/mol. The standard InChI is InChI=1S/C18H21N3O4/c1-3-15(20-12-4-5-13-20)7-6-14(2)19-18(22)25-17-10-8-16(9-11-17)21(23)24/h3,6-11H,1,4-5,12-13H2,2H3,(H,19,22)/b14-6+,15-7+. The van der Waals surface area contributed by atoms with Crippen molar-refractivity contribution >= 4 is 11.8 Å². The van der Waals surface area contributed by atoms with Crippen molar-refractivity contribution in [2.75, 3.05) is 13.1 Å². The third-order valence-corrected chi connectivity index (χ3v) is 3.74. The number of rotatable bonds is 6. The highest BCUT2D eigenvalue weighted by Crippen LogP contribution is 2.18. The number of non-ortho nitro benzene ring substituents is 1. The summed E-state index contributed by atoms with van der Waals surface area (Å²) in [6.45, 7) is 7.60. The zero-order valence-electron chi connectivity index (χ0n) is 14.1. The molecule has 0 radical (unpaired) electrons. The van der Waals surface area contributed by atoms with Crippen LogP contribution in [0.4, 0.5) is 10.5 Å². The van der Waals surface area contributed by atoms with Gasteiger partial charge in [-0.25, -0.2) is 4.79 Å². The van der Waals surface area contributed by atoms with Crippen LogP contribution in [0.5, 0.6) is 5.75 Å². The lowest BCUT2D eigenvalue weighted by Crippen LogP contribution is -2.25. The quantitative estimate of drug-likeness (QED) is 0.483. The lowest BCUT2D eigenvalue weighted by atomic mass is 10.3. The first-order valence-corrected chi connectivity index (χ1v) is 7.99. The van der Waals surface area contributed by atoms with Crippen molar-refractivity contribution in [1.82, 2.24) is 10.2 Å². The molecule has 0 atom stereocenters. The zero-order valence-corrected chi connectivity index (χ0v) is 14.1. The van der Waals surface area contributed by atoms with E-state index >= 15 is 0 Å². The number of likely N-dealkylation sites (tertiary alicyclic amines) is 1. The number of amides is 1. The molecular formula is C18H21N3O4. The summed E-state index contributed by atoms with van der Waals surface area (Å²) in [4.78, 5) is 24.2. The van der Waals surface area contributed by atoms with Crippen molar-refractivity contribution in [3.05, 3.63) is 70.6 Å². The molecule has 1 aliphatic rings. The van der Waals surface area contributed by atoms with Crippen LogP contribution in [0.2, 0.25) is 0 Å². The summed E-state index contributed by atoms with van der Waals surface area (Å²) < 4.78 is 5.09. The SMILES string of the molecule is C=C/C(=C\C=C(/C)NC(=O)Oc1ccc([N+](=O)[O-])cc1)N1CCCC1. The summed E-state index contributed by atoms with van der Waals surface area (Å²) in [5.41, 5.74) is 1.57. The molecule has 1 saturated heterocycles. The van der Waals surface area contributed by atoms with E-state index in [2.05, 4.69) is 16.8 Å². The molecule has 0 aliphatic carbocycles. The minimum atomic E-state index is -0.655. The Labute approximate surface area is 146 Å². The predicted molar refractivity (Wildman–Crippen MR) is 95.1 cm³/mol. The van der Waals surface area contributed by atoms with Gasteiger partial charge in [-0.15, -0.1) is 0 Å². The number of carbonyl (C=O) groups is 1. The number of nitrogens with zero attached hydrogens (tertiary/aromatic N) is 2. The summed E-state index contributed by atoms with van der Waals surface area (Å²) in [6, 6.07) is 5.31. The third kappa shape index (κ3) is 5.49. The number of nitro groups is 1. The van der Waals surface area contributed by atoms with Crippen LogP contribution < -0.4 is 10.1 Å². The second-order valence-corrected chi connectivity index (χ2v) is 5.61. The Bertz CT molecular complexity index is 702. The topological polar surface area (TPSA) is 84.7 Å². The van der Waals surface area contributed by atoms with Crippen LogP contribution in [0, 0.1) is 10.1 Å². The number of carbonyl (C=O) groups excluding carboxylic acids is 1. The van der Waals surface area contributed by atoms with Gasteiger partial charge in [-0.2, -0.15) is 0 Å². The van der Waals surface area contributed by atoms with Gasteiger partial charge in [0.25, 0.3) is 5.69 Å². The largest absolute Gasteiger partial charge is 0.416 e. The first-order chi connectivity index (χ1) is 12.0. The Morgan fingerprint density at radius 1 is 1.28 bits per heavy atom. The smallest absolute Gasteiger partial charge is 0.410 e. The molecule has 1 fully saturated rings. The summed E-state index contributed by atoms with van der Waals surface area (Å²) in [6.07, 6.45) is 7.18. The Morgan fingerprint density at radius 3 is 2.48 bits per heavy atom. The monoisotopic (exact) mass is 343 g/mol. The van der Waals surface area contributed by atoms with Gasteiger partial charge in [0.15, 0.2) is 0 Å². The Morgan fingerprint density at radius 2 is 1.92 bits per heavy atom. The molecule has 2 rings (SSSR count). The zero-order chi connectivity index (χ0) is 18.2. The molecule has 7 nitrogen and oxygen atoms in total. The molecule has 1 amide bonds. The highest BCUT2D eigenvalue weighted by molar-refractivity contribution is 5.72. The van der Waals surface area contributed by atoms with Crippen LogP contribution in [-0.4, -0.2) is 29.0 Å². The Kier molecular flexibility index (Phi) is 6.33. The average Bonchev–Trinajstić information content (AvgIpc) is 3.10. The predicted octanol–water partition coefficient (Wildman–Crippen LogP) is 3.75. The molecule has 1 N–H and O–H groups in total. The van der Waals surface area contributed by atoms with Crippen LogP contribution in [0.25, 0.3) is 0 Å². The first-order valence-electron chi connectivity index (χ1n) is 7.99. The van der Waals surface area contributed by atoms with Crippen molar-refractivity contribution in [2.45, 2.75) is 19.8 Å². The van der Waals surface area contributed by atoms with Gasteiger partial charge in [0, 0.05) is 36.6 Å². The summed E-state index contributed by atoms with van der Waals surface area (Å²) in [7, 11) is 0. The molecule has 0 bridgehead atoms. The van der Waals surface area contributed by atoms with Gasteiger partial charge in [-0.1, -0.05) is 6.58 Å². The number of benzene rings is 1. The van der Waals surface area contributed by atoms with Gasteiger partial charge in [0.2, 0.25) is 0 Å². The van der Waals surface area contributed by atoms with E-state index in [9.17, 15) is 14.9 Å². The lowest BCUT2D eigenvalue weighted by molar-refractivity contribution is -0.384. The summed E-state index contributed by atoms with van der Waals surface area (Å²) in [5.74, 6) is 0.232. The second-order valence-electron chi connectivity index (χ2n) is 5.61. The molecule has 0 saturated carbocycles. The van der Waals surface area contributed by atoms with E-state index in [0.29, 0.717) is 5.70 Å². The van der Waals surface area contributed by atoms with Crippen molar-refractivity contribution in [3.8, 4) is 5.75 Å². The number of hydrogen-bond donors (Lipinski definition) is 1. The number of nitrogens with one attached hydrogen (secondary N) is 1. The molecule has 1 aromatic rings. The van der Waals surface area contributed by atoms with Crippen molar-refractivity contribution in [3.63, 3.8) is 0 Å².